The van der Waals surface area contributed by atoms with Crippen molar-refractivity contribution in [3.05, 3.63) is 29.3 Å². The number of amides is 2. The Hall–Kier alpha value is -1.84. The summed E-state index contributed by atoms with van der Waals surface area (Å²) in [5, 5.41) is 3.02. The predicted octanol–water partition coefficient (Wildman–Crippen LogP) is 3.81. The Morgan fingerprint density at radius 2 is 2.00 bits per heavy atom. The van der Waals surface area contributed by atoms with Gasteiger partial charge in [0.1, 0.15) is 5.41 Å². The third-order valence-corrected chi connectivity index (χ3v) is 5.59. The van der Waals surface area contributed by atoms with Crippen molar-refractivity contribution in [1.82, 2.24) is 4.90 Å². The van der Waals surface area contributed by atoms with Crippen molar-refractivity contribution in [2.24, 2.45) is 5.41 Å². The van der Waals surface area contributed by atoms with Crippen molar-refractivity contribution in [1.29, 1.82) is 0 Å². The summed E-state index contributed by atoms with van der Waals surface area (Å²) in [6, 6.07) is 6.31. The minimum Gasteiger partial charge on any atom is -0.339 e. The fourth-order valence-corrected chi connectivity index (χ4v) is 3.74. The fourth-order valence-electron chi connectivity index (χ4n) is 3.74. The van der Waals surface area contributed by atoms with Crippen LogP contribution in [0.5, 0.6) is 0 Å². The molecule has 1 atom stereocenters. The van der Waals surface area contributed by atoms with Crippen LogP contribution in [0, 0.1) is 19.3 Å². The Bertz CT molecular complexity index is 649. The van der Waals surface area contributed by atoms with E-state index in [2.05, 4.69) is 12.2 Å². The van der Waals surface area contributed by atoms with Crippen LogP contribution < -0.4 is 5.32 Å². The first-order valence-electron chi connectivity index (χ1n) is 9.18. The van der Waals surface area contributed by atoms with Gasteiger partial charge in [-0.15, -0.1) is 0 Å². The van der Waals surface area contributed by atoms with Crippen molar-refractivity contribution >= 4 is 17.5 Å². The van der Waals surface area contributed by atoms with Crippen LogP contribution in [0.3, 0.4) is 0 Å². The maximum atomic E-state index is 13.1. The normalized spacial score (nSPS) is 22.1. The van der Waals surface area contributed by atoms with E-state index < -0.39 is 5.41 Å². The lowest BCUT2D eigenvalue weighted by Crippen LogP contribution is -2.49. The van der Waals surface area contributed by atoms with E-state index in [9.17, 15) is 9.59 Å². The molecule has 4 heteroatoms. The Kier molecular flexibility index (Phi) is 4.66. The molecule has 1 saturated carbocycles. The molecule has 1 N–H and O–H groups in total. The number of rotatable bonds is 4. The lowest BCUT2D eigenvalue weighted by molar-refractivity contribution is -0.145. The first kappa shape index (κ1) is 17.0. The molecule has 2 fully saturated rings. The van der Waals surface area contributed by atoms with E-state index in [-0.39, 0.29) is 11.8 Å². The highest BCUT2D eigenvalue weighted by Crippen LogP contribution is 2.49. The molecule has 1 aromatic carbocycles. The number of piperidine rings is 1. The van der Waals surface area contributed by atoms with Gasteiger partial charge in [0, 0.05) is 18.3 Å². The molecule has 3 rings (SSSR count). The summed E-state index contributed by atoms with van der Waals surface area (Å²) in [5.41, 5.74) is 2.14. The third kappa shape index (κ3) is 3.06. The Labute approximate surface area is 144 Å². The summed E-state index contributed by atoms with van der Waals surface area (Å²) < 4.78 is 0. The quantitative estimate of drug-likeness (QED) is 0.854. The number of hydrogen-bond donors (Lipinski definition) is 1. The van der Waals surface area contributed by atoms with E-state index >= 15 is 0 Å². The van der Waals surface area contributed by atoms with Gasteiger partial charge >= 0.3 is 0 Å². The largest absolute Gasteiger partial charge is 0.339 e. The average molecular weight is 328 g/mol. The first-order valence-corrected chi connectivity index (χ1v) is 9.18. The highest BCUT2D eigenvalue weighted by molar-refractivity contribution is 6.13. The number of likely N-dealkylation sites (tertiary alicyclic amines) is 1. The molecule has 0 aromatic heterocycles. The van der Waals surface area contributed by atoms with Crippen LogP contribution >= 0.6 is 0 Å². The van der Waals surface area contributed by atoms with Gasteiger partial charge in [-0.05, 0) is 69.6 Å². The monoisotopic (exact) mass is 328 g/mol. The number of nitrogens with zero attached hydrogens (tertiary/aromatic N) is 1. The molecule has 1 aromatic rings. The zero-order valence-electron chi connectivity index (χ0n) is 15.0. The molecule has 1 saturated heterocycles. The van der Waals surface area contributed by atoms with Crippen LogP contribution in [0.2, 0.25) is 0 Å². The molecule has 4 nitrogen and oxygen atoms in total. The van der Waals surface area contributed by atoms with Gasteiger partial charge in [0.2, 0.25) is 11.8 Å². The molecule has 2 amide bonds. The van der Waals surface area contributed by atoms with Gasteiger partial charge in [0.25, 0.3) is 0 Å². The molecule has 0 bridgehead atoms. The van der Waals surface area contributed by atoms with E-state index in [1.807, 2.05) is 36.9 Å². The topological polar surface area (TPSA) is 49.4 Å². The highest BCUT2D eigenvalue weighted by atomic mass is 16.2. The number of aryl methyl sites for hydroxylation is 2. The van der Waals surface area contributed by atoms with Gasteiger partial charge < -0.3 is 10.2 Å². The second-order valence-electron chi connectivity index (χ2n) is 7.41. The van der Waals surface area contributed by atoms with Crippen LogP contribution in [0.1, 0.15) is 56.6 Å². The van der Waals surface area contributed by atoms with Crippen molar-refractivity contribution in [3.63, 3.8) is 0 Å². The van der Waals surface area contributed by atoms with Crippen LogP contribution in [-0.2, 0) is 9.59 Å². The Morgan fingerprint density at radius 1 is 1.25 bits per heavy atom. The summed E-state index contributed by atoms with van der Waals surface area (Å²) in [7, 11) is 0. The molecule has 0 spiro atoms. The number of benzene rings is 1. The van der Waals surface area contributed by atoms with Crippen molar-refractivity contribution < 1.29 is 9.59 Å². The lowest BCUT2D eigenvalue weighted by atomic mass is 9.95. The third-order valence-electron chi connectivity index (χ3n) is 5.59. The zero-order chi connectivity index (χ0) is 17.3. The van der Waals surface area contributed by atoms with Crippen molar-refractivity contribution in [3.8, 4) is 0 Å². The van der Waals surface area contributed by atoms with E-state index in [4.69, 9.17) is 0 Å². The van der Waals surface area contributed by atoms with Crippen molar-refractivity contribution in [2.45, 2.75) is 65.3 Å². The summed E-state index contributed by atoms with van der Waals surface area (Å²) >= 11 is 0. The van der Waals surface area contributed by atoms with E-state index in [1.54, 1.807) is 0 Å². The standard InChI is InChI=1S/C20H28N2O2/c1-4-16-7-5-6-12-22(16)19(24)20(10-11-20)18(23)21-17-13-14(2)8-9-15(17)3/h8-9,13,16H,4-7,10-12H2,1-3H3,(H,21,23). The number of nitrogens with one attached hydrogen (secondary N) is 1. The Balaban J connectivity index is 1.76. The Morgan fingerprint density at radius 3 is 2.67 bits per heavy atom. The molecule has 1 heterocycles. The molecule has 2 aliphatic rings. The molecule has 1 aliphatic heterocycles. The van der Waals surface area contributed by atoms with Gasteiger partial charge in [-0.1, -0.05) is 19.1 Å². The second-order valence-corrected chi connectivity index (χ2v) is 7.41. The lowest BCUT2D eigenvalue weighted by Gasteiger charge is -2.37. The molecule has 0 radical (unpaired) electrons. The maximum absolute atomic E-state index is 13.1. The van der Waals surface area contributed by atoms with Crippen LogP contribution in [0.4, 0.5) is 5.69 Å². The maximum Gasteiger partial charge on any atom is 0.240 e. The smallest absolute Gasteiger partial charge is 0.240 e. The van der Waals surface area contributed by atoms with E-state index in [1.165, 1.54) is 6.42 Å². The predicted molar refractivity (Wildman–Crippen MR) is 95.9 cm³/mol. The molecule has 1 unspecified atom stereocenters. The van der Waals surface area contributed by atoms with Crippen LogP contribution in [0.15, 0.2) is 18.2 Å². The molecule has 130 valence electrons. The number of anilines is 1. The van der Waals surface area contributed by atoms with E-state index in [0.29, 0.717) is 18.9 Å². The first-order chi connectivity index (χ1) is 11.5. The van der Waals surface area contributed by atoms with Gasteiger partial charge in [0.15, 0.2) is 0 Å². The second kappa shape index (κ2) is 6.58. The zero-order valence-corrected chi connectivity index (χ0v) is 15.0. The summed E-state index contributed by atoms with van der Waals surface area (Å²) in [6.07, 6.45) is 5.63. The minimum atomic E-state index is -0.819. The number of carbonyl (C=O) groups is 2. The van der Waals surface area contributed by atoms with E-state index in [0.717, 1.165) is 42.6 Å². The van der Waals surface area contributed by atoms with Gasteiger partial charge in [0.05, 0.1) is 0 Å². The number of hydrogen-bond acceptors (Lipinski definition) is 2. The molecular formula is C20H28N2O2. The van der Waals surface area contributed by atoms with Crippen molar-refractivity contribution in [2.75, 3.05) is 11.9 Å². The highest BCUT2D eigenvalue weighted by Gasteiger charge is 2.58. The SMILES string of the molecule is CCC1CCCCN1C(=O)C1(C(=O)Nc2cc(C)ccc2C)CC1. The molecule has 24 heavy (non-hydrogen) atoms. The summed E-state index contributed by atoms with van der Waals surface area (Å²) in [5.74, 6) is -0.0708. The summed E-state index contributed by atoms with van der Waals surface area (Å²) in [6.45, 7) is 6.92. The number of carbonyl (C=O) groups excluding carboxylic acids is 2. The van der Waals surface area contributed by atoms with Gasteiger partial charge in [-0.3, -0.25) is 9.59 Å². The van der Waals surface area contributed by atoms with Crippen LogP contribution in [-0.4, -0.2) is 29.3 Å². The minimum absolute atomic E-state index is 0.0526. The average Bonchev–Trinajstić information content (AvgIpc) is 3.39. The molecule has 1 aliphatic carbocycles. The fraction of sp³-hybridized carbons (Fsp3) is 0.600. The summed E-state index contributed by atoms with van der Waals surface area (Å²) in [4.78, 5) is 28.0. The molecular weight excluding hydrogens is 300 g/mol. The van der Waals surface area contributed by atoms with Crippen LogP contribution in [0.25, 0.3) is 0 Å². The van der Waals surface area contributed by atoms with Gasteiger partial charge in [-0.2, -0.15) is 0 Å². The van der Waals surface area contributed by atoms with Gasteiger partial charge in [-0.25, -0.2) is 0 Å².